The molecule has 0 aliphatic rings. The van der Waals surface area contributed by atoms with E-state index in [2.05, 4.69) is 15.6 Å². The second-order valence-electron chi connectivity index (χ2n) is 2.73. The molecule has 0 aliphatic heterocycles. The van der Waals surface area contributed by atoms with Crippen molar-refractivity contribution in [3.05, 3.63) is 24.5 Å². The topological polar surface area (TPSA) is 97.1 Å². The Hall–Kier alpha value is -1.95. The second kappa shape index (κ2) is 5.71. The molecule has 2 amide bonds. The fourth-order valence-corrected chi connectivity index (χ4v) is 0.889. The average Bonchev–Trinajstić information content (AvgIpc) is 2.27. The van der Waals surface area contributed by atoms with Gasteiger partial charge >= 0.3 is 11.8 Å². The van der Waals surface area contributed by atoms with E-state index in [1.807, 2.05) is 0 Å². The Bertz CT molecular complexity index is 339. The minimum Gasteiger partial charge on any atom is -0.347 e. The molecule has 0 radical (unpaired) electrons. The van der Waals surface area contributed by atoms with Gasteiger partial charge in [0.1, 0.15) is 0 Å². The van der Waals surface area contributed by atoms with Crippen molar-refractivity contribution in [1.82, 2.24) is 10.3 Å². The minimum absolute atomic E-state index is 0.280. The molecular formula is C9H12N4O2. The Morgan fingerprint density at radius 2 is 1.93 bits per heavy atom. The number of nitrogens with zero attached hydrogens (tertiary/aromatic N) is 1. The molecule has 0 spiro atoms. The highest BCUT2D eigenvalue weighted by molar-refractivity contribution is 6.39. The molecular weight excluding hydrogens is 196 g/mol. The smallest absolute Gasteiger partial charge is 0.313 e. The fourth-order valence-electron chi connectivity index (χ4n) is 0.889. The third-order valence-electron chi connectivity index (χ3n) is 1.57. The number of nitrogens with one attached hydrogen (secondary N) is 2. The van der Waals surface area contributed by atoms with Crippen LogP contribution in [0.25, 0.3) is 0 Å². The molecule has 0 saturated heterocycles. The third-order valence-corrected chi connectivity index (χ3v) is 1.57. The van der Waals surface area contributed by atoms with Crippen molar-refractivity contribution in [2.24, 2.45) is 5.73 Å². The molecule has 1 aromatic heterocycles. The van der Waals surface area contributed by atoms with Crippen molar-refractivity contribution in [3.63, 3.8) is 0 Å². The molecule has 0 bridgehead atoms. The van der Waals surface area contributed by atoms with Gasteiger partial charge in [-0.05, 0) is 12.1 Å². The summed E-state index contributed by atoms with van der Waals surface area (Å²) >= 11 is 0. The molecule has 0 fully saturated rings. The molecule has 1 aromatic rings. The molecule has 1 rings (SSSR count). The van der Waals surface area contributed by atoms with E-state index < -0.39 is 11.8 Å². The lowest BCUT2D eigenvalue weighted by atomic mass is 10.4. The Balaban J connectivity index is 2.45. The standard InChI is InChI=1S/C9H12N4O2/c10-3-6-12-8(14)9(15)13-7-1-4-11-5-2-7/h1-2,4-5H,3,6,10H2,(H,12,14)(H,11,13,15). The lowest BCUT2D eigenvalue weighted by Crippen LogP contribution is -2.37. The van der Waals surface area contributed by atoms with E-state index >= 15 is 0 Å². The van der Waals surface area contributed by atoms with Gasteiger partial charge in [-0.15, -0.1) is 0 Å². The molecule has 4 N–H and O–H groups in total. The molecule has 0 unspecified atom stereocenters. The number of pyridine rings is 1. The first-order valence-electron chi connectivity index (χ1n) is 4.43. The maximum absolute atomic E-state index is 11.2. The van der Waals surface area contributed by atoms with Crippen molar-refractivity contribution in [2.45, 2.75) is 0 Å². The maximum Gasteiger partial charge on any atom is 0.313 e. The average molecular weight is 208 g/mol. The van der Waals surface area contributed by atoms with Crippen LogP contribution in [0.15, 0.2) is 24.5 Å². The number of hydrogen-bond acceptors (Lipinski definition) is 4. The van der Waals surface area contributed by atoms with Crippen LogP contribution in [0, 0.1) is 0 Å². The largest absolute Gasteiger partial charge is 0.347 e. The Morgan fingerprint density at radius 1 is 1.27 bits per heavy atom. The normalized spacial score (nSPS) is 9.40. The Labute approximate surface area is 86.9 Å². The van der Waals surface area contributed by atoms with E-state index in [4.69, 9.17) is 5.73 Å². The van der Waals surface area contributed by atoms with Crippen molar-refractivity contribution in [3.8, 4) is 0 Å². The summed E-state index contributed by atoms with van der Waals surface area (Å²) in [5.74, 6) is -1.41. The Kier molecular flexibility index (Phi) is 4.24. The van der Waals surface area contributed by atoms with E-state index in [-0.39, 0.29) is 6.54 Å². The predicted molar refractivity (Wildman–Crippen MR) is 54.9 cm³/mol. The van der Waals surface area contributed by atoms with Gasteiger partial charge in [-0.2, -0.15) is 0 Å². The van der Waals surface area contributed by atoms with Gasteiger partial charge in [0, 0.05) is 31.2 Å². The second-order valence-corrected chi connectivity index (χ2v) is 2.73. The number of carbonyl (C=O) groups is 2. The number of rotatable bonds is 3. The zero-order valence-corrected chi connectivity index (χ0v) is 8.06. The molecule has 15 heavy (non-hydrogen) atoms. The lowest BCUT2D eigenvalue weighted by Gasteiger charge is -2.04. The quantitative estimate of drug-likeness (QED) is 0.560. The summed E-state index contributed by atoms with van der Waals surface area (Å²) in [5.41, 5.74) is 5.70. The lowest BCUT2D eigenvalue weighted by molar-refractivity contribution is -0.136. The van der Waals surface area contributed by atoms with Gasteiger partial charge < -0.3 is 16.4 Å². The number of anilines is 1. The van der Waals surface area contributed by atoms with E-state index in [0.717, 1.165) is 0 Å². The first kappa shape index (κ1) is 11.1. The van der Waals surface area contributed by atoms with E-state index in [0.29, 0.717) is 12.2 Å². The van der Waals surface area contributed by atoms with Gasteiger partial charge in [-0.3, -0.25) is 14.6 Å². The molecule has 1 heterocycles. The van der Waals surface area contributed by atoms with E-state index in [9.17, 15) is 9.59 Å². The molecule has 0 aliphatic carbocycles. The Morgan fingerprint density at radius 3 is 2.53 bits per heavy atom. The summed E-state index contributed by atoms with van der Waals surface area (Å²) < 4.78 is 0. The van der Waals surface area contributed by atoms with Crippen LogP contribution in [0.2, 0.25) is 0 Å². The summed E-state index contributed by atoms with van der Waals surface area (Å²) in [4.78, 5) is 26.1. The highest BCUT2D eigenvalue weighted by atomic mass is 16.2. The SMILES string of the molecule is NCCNC(=O)C(=O)Nc1ccncc1. The van der Waals surface area contributed by atoms with Crippen LogP contribution in [-0.4, -0.2) is 29.9 Å². The highest BCUT2D eigenvalue weighted by Crippen LogP contribution is 2.02. The van der Waals surface area contributed by atoms with Gasteiger partial charge in [-0.1, -0.05) is 0 Å². The van der Waals surface area contributed by atoms with Crippen molar-refractivity contribution >= 4 is 17.5 Å². The zero-order valence-electron chi connectivity index (χ0n) is 8.06. The van der Waals surface area contributed by atoms with Crippen LogP contribution in [0.1, 0.15) is 0 Å². The maximum atomic E-state index is 11.2. The van der Waals surface area contributed by atoms with Gasteiger partial charge in [0.15, 0.2) is 0 Å². The van der Waals surface area contributed by atoms with Crippen molar-refractivity contribution in [2.75, 3.05) is 18.4 Å². The first-order valence-corrected chi connectivity index (χ1v) is 4.43. The van der Waals surface area contributed by atoms with Crippen LogP contribution < -0.4 is 16.4 Å². The van der Waals surface area contributed by atoms with Crippen molar-refractivity contribution < 1.29 is 9.59 Å². The number of hydrogen-bond donors (Lipinski definition) is 3. The van der Waals surface area contributed by atoms with Crippen LogP contribution in [0.5, 0.6) is 0 Å². The molecule has 0 atom stereocenters. The summed E-state index contributed by atoms with van der Waals surface area (Å²) in [5, 5.41) is 4.78. The van der Waals surface area contributed by atoms with Gasteiger partial charge in [0.05, 0.1) is 0 Å². The van der Waals surface area contributed by atoms with Crippen LogP contribution in [0.3, 0.4) is 0 Å². The molecule has 6 heteroatoms. The highest BCUT2D eigenvalue weighted by Gasteiger charge is 2.11. The van der Waals surface area contributed by atoms with Crippen LogP contribution in [0.4, 0.5) is 5.69 Å². The van der Waals surface area contributed by atoms with Crippen LogP contribution >= 0.6 is 0 Å². The number of nitrogens with two attached hydrogens (primary N) is 1. The summed E-state index contributed by atoms with van der Waals surface area (Å²) in [6, 6.07) is 3.18. The number of carbonyl (C=O) groups excluding carboxylic acids is 2. The van der Waals surface area contributed by atoms with Gasteiger partial charge in [0.2, 0.25) is 0 Å². The molecule has 0 saturated carbocycles. The fraction of sp³-hybridized carbons (Fsp3) is 0.222. The van der Waals surface area contributed by atoms with Gasteiger partial charge in [0.25, 0.3) is 0 Å². The van der Waals surface area contributed by atoms with E-state index in [1.54, 1.807) is 12.1 Å². The van der Waals surface area contributed by atoms with Gasteiger partial charge in [-0.25, -0.2) is 0 Å². The number of aromatic nitrogens is 1. The van der Waals surface area contributed by atoms with Crippen molar-refractivity contribution in [1.29, 1.82) is 0 Å². The molecule has 80 valence electrons. The summed E-state index contributed by atoms with van der Waals surface area (Å²) in [6.45, 7) is 0.580. The zero-order chi connectivity index (χ0) is 11.1. The van der Waals surface area contributed by atoms with E-state index in [1.165, 1.54) is 12.4 Å². The third kappa shape index (κ3) is 3.74. The summed E-state index contributed by atoms with van der Waals surface area (Å²) in [6.07, 6.45) is 3.04. The predicted octanol–water partition coefficient (Wildman–Crippen LogP) is -0.905. The number of amides is 2. The van der Waals surface area contributed by atoms with Crippen LogP contribution in [-0.2, 0) is 9.59 Å². The summed E-state index contributed by atoms with van der Waals surface area (Å²) in [7, 11) is 0. The first-order chi connectivity index (χ1) is 7.24. The molecule has 6 nitrogen and oxygen atoms in total. The minimum atomic E-state index is -0.713. The monoisotopic (exact) mass is 208 g/mol. The molecule has 0 aromatic carbocycles.